The zero-order chi connectivity index (χ0) is 15.2. The Labute approximate surface area is 126 Å². The molecule has 1 aromatic heterocycles. The van der Waals surface area contributed by atoms with Gasteiger partial charge in [0, 0.05) is 11.8 Å². The van der Waals surface area contributed by atoms with Gasteiger partial charge in [0.1, 0.15) is 6.10 Å². The second-order valence-corrected chi connectivity index (χ2v) is 5.92. The maximum atomic E-state index is 11.2. The van der Waals surface area contributed by atoms with E-state index in [1.54, 1.807) is 12.1 Å². The van der Waals surface area contributed by atoms with Gasteiger partial charge in [0.05, 0.1) is 5.56 Å². The highest BCUT2D eigenvalue weighted by atomic mass is 16.5. The van der Waals surface area contributed by atoms with Crippen molar-refractivity contribution in [1.82, 2.24) is 4.98 Å². The molecule has 2 atom stereocenters. The molecule has 0 amide bonds. The van der Waals surface area contributed by atoms with Crippen LogP contribution in [-0.2, 0) is 6.42 Å². The maximum Gasteiger partial charge on any atom is 0.335 e. The molecule has 0 saturated heterocycles. The van der Waals surface area contributed by atoms with E-state index >= 15 is 0 Å². The second-order valence-electron chi connectivity index (χ2n) is 5.92. The molecule has 2 rings (SSSR count). The fraction of sp³-hybridized carbons (Fsp3) is 0.647. The van der Waals surface area contributed by atoms with E-state index in [9.17, 15) is 9.90 Å². The third-order valence-corrected chi connectivity index (χ3v) is 4.21. The average molecular weight is 291 g/mol. The number of nitrogens with zero attached hydrogens (tertiary/aromatic N) is 1. The van der Waals surface area contributed by atoms with E-state index in [0.29, 0.717) is 5.88 Å². The lowest BCUT2D eigenvalue weighted by atomic mass is 9.85. The Morgan fingerprint density at radius 2 is 2.19 bits per heavy atom. The van der Waals surface area contributed by atoms with E-state index in [0.717, 1.165) is 37.3 Å². The van der Waals surface area contributed by atoms with Crippen LogP contribution in [0.2, 0.25) is 0 Å². The van der Waals surface area contributed by atoms with Crippen LogP contribution in [-0.4, -0.2) is 22.2 Å². The Morgan fingerprint density at radius 1 is 1.38 bits per heavy atom. The van der Waals surface area contributed by atoms with Gasteiger partial charge in [-0.3, -0.25) is 0 Å². The average Bonchev–Trinajstić information content (AvgIpc) is 2.47. The Balaban J connectivity index is 2.12. The Bertz CT molecular complexity index is 487. The standard InChI is InChI=1S/C17H25NO3/c1-3-6-14-10-13(17(19)20)11-16(18-14)21-15-8-5-7-12(4-2)9-15/h10-12,15H,3-9H2,1-2H3,(H,19,20). The summed E-state index contributed by atoms with van der Waals surface area (Å²) in [6.45, 7) is 4.28. The number of hydrogen-bond acceptors (Lipinski definition) is 3. The van der Waals surface area contributed by atoms with Gasteiger partial charge < -0.3 is 9.84 Å². The minimum absolute atomic E-state index is 0.176. The van der Waals surface area contributed by atoms with Gasteiger partial charge in [-0.05, 0) is 37.7 Å². The van der Waals surface area contributed by atoms with Gasteiger partial charge in [-0.25, -0.2) is 9.78 Å². The first-order valence-electron chi connectivity index (χ1n) is 8.03. The van der Waals surface area contributed by atoms with E-state index in [1.165, 1.54) is 19.3 Å². The summed E-state index contributed by atoms with van der Waals surface area (Å²) in [5.74, 6) is 0.274. The van der Waals surface area contributed by atoms with Crippen molar-refractivity contribution in [3.63, 3.8) is 0 Å². The van der Waals surface area contributed by atoms with Crippen LogP contribution in [0, 0.1) is 5.92 Å². The molecule has 1 fully saturated rings. The fourth-order valence-corrected chi connectivity index (χ4v) is 3.02. The Hall–Kier alpha value is -1.58. The van der Waals surface area contributed by atoms with E-state index in [2.05, 4.69) is 18.8 Å². The van der Waals surface area contributed by atoms with Crippen LogP contribution in [0.25, 0.3) is 0 Å². The molecule has 2 unspecified atom stereocenters. The normalized spacial score (nSPS) is 22.0. The zero-order valence-electron chi connectivity index (χ0n) is 13.0. The first-order chi connectivity index (χ1) is 10.1. The lowest BCUT2D eigenvalue weighted by Gasteiger charge is -2.28. The van der Waals surface area contributed by atoms with E-state index in [4.69, 9.17) is 4.74 Å². The summed E-state index contributed by atoms with van der Waals surface area (Å²) < 4.78 is 5.99. The molecule has 0 aliphatic heterocycles. The molecule has 1 saturated carbocycles. The molecule has 0 spiro atoms. The number of hydrogen-bond donors (Lipinski definition) is 1. The van der Waals surface area contributed by atoms with Crippen molar-refractivity contribution in [2.45, 2.75) is 64.9 Å². The fourth-order valence-electron chi connectivity index (χ4n) is 3.02. The minimum atomic E-state index is -0.922. The van der Waals surface area contributed by atoms with Crippen LogP contribution in [0.3, 0.4) is 0 Å². The molecule has 116 valence electrons. The third kappa shape index (κ3) is 4.45. The lowest BCUT2D eigenvalue weighted by Crippen LogP contribution is -2.25. The predicted octanol–water partition coefficient (Wildman–Crippen LogP) is 4.08. The van der Waals surface area contributed by atoms with Crippen molar-refractivity contribution in [2.75, 3.05) is 0 Å². The molecule has 1 heterocycles. The van der Waals surface area contributed by atoms with Crippen molar-refractivity contribution >= 4 is 5.97 Å². The second kappa shape index (κ2) is 7.43. The molecule has 4 nitrogen and oxygen atoms in total. The van der Waals surface area contributed by atoms with Gasteiger partial charge in [-0.15, -0.1) is 0 Å². The number of carboxylic acids is 1. The molecule has 1 N–H and O–H groups in total. The van der Waals surface area contributed by atoms with Crippen LogP contribution in [0.4, 0.5) is 0 Å². The highest BCUT2D eigenvalue weighted by molar-refractivity contribution is 5.88. The van der Waals surface area contributed by atoms with Crippen molar-refractivity contribution in [3.05, 3.63) is 23.4 Å². The van der Waals surface area contributed by atoms with Gasteiger partial charge in [0.2, 0.25) is 5.88 Å². The lowest BCUT2D eigenvalue weighted by molar-refractivity contribution is 0.0694. The van der Waals surface area contributed by atoms with Gasteiger partial charge in [-0.1, -0.05) is 33.1 Å². The Kier molecular flexibility index (Phi) is 5.59. The topological polar surface area (TPSA) is 59.4 Å². The summed E-state index contributed by atoms with van der Waals surface area (Å²) in [5, 5.41) is 9.20. The maximum absolute atomic E-state index is 11.2. The smallest absolute Gasteiger partial charge is 0.335 e. The monoisotopic (exact) mass is 291 g/mol. The van der Waals surface area contributed by atoms with Gasteiger partial charge in [0.15, 0.2) is 0 Å². The van der Waals surface area contributed by atoms with Gasteiger partial charge >= 0.3 is 5.97 Å². The molecule has 0 radical (unpaired) electrons. The first kappa shape index (κ1) is 15.8. The summed E-state index contributed by atoms with van der Waals surface area (Å²) in [6, 6.07) is 3.20. The molecule has 21 heavy (non-hydrogen) atoms. The molecule has 4 heteroatoms. The molecule has 0 aromatic carbocycles. The summed E-state index contributed by atoms with van der Waals surface area (Å²) >= 11 is 0. The van der Waals surface area contributed by atoms with Crippen LogP contribution in [0.15, 0.2) is 12.1 Å². The first-order valence-corrected chi connectivity index (χ1v) is 8.03. The van der Waals surface area contributed by atoms with E-state index < -0.39 is 5.97 Å². The van der Waals surface area contributed by atoms with Crippen molar-refractivity contribution in [2.24, 2.45) is 5.92 Å². The van der Waals surface area contributed by atoms with Gasteiger partial charge in [-0.2, -0.15) is 0 Å². The van der Waals surface area contributed by atoms with Crippen LogP contribution in [0.1, 0.15) is 68.4 Å². The highest BCUT2D eigenvalue weighted by Gasteiger charge is 2.23. The molecule has 1 aliphatic carbocycles. The zero-order valence-corrected chi connectivity index (χ0v) is 13.0. The quantitative estimate of drug-likeness (QED) is 0.858. The third-order valence-electron chi connectivity index (χ3n) is 4.21. The predicted molar refractivity (Wildman–Crippen MR) is 81.9 cm³/mol. The highest BCUT2D eigenvalue weighted by Crippen LogP contribution is 2.29. The SMILES string of the molecule is CCCc1cc(C(=O)O)cc(OC2CCCC(CC)C2)n1. The summed E-state index contributed by atoms with van der Waals surface area (Å²) in [5.41, 5.74) is 1.07. The largest absolute Gasteiger partial charge is 0.478 e. The number of aryl methyl sites for hydroxylation is 1. The van der Waals surface area contributed by atoms with E-state index in [-0.39, 0.29) is 11.7 Å². The Morgan fingerprint density at radius 3 is 2.86 bits per heavy atom. The van der Waals surface area contributed by atoms with Crippen LogP contribution in [0.5, 0.6) is 5.88 Å². The molecule has 0 bridgehead atoms. The molecular formula is C17H25NO3. The number of carboxylic acid groups (broad SMARTS) is 1. The molecule has 1 aliphatic rings. The number of aromatic carboxylic acids is 1. The number of carbonyl (C=O) groups is 1. The van der Waals surface area contributed by atoms with E-state index in [1.807, 2.05) is 0 Å². The van der Waals surface area contributed by atoms with Gasteiger partial charge in [0.25, 0.3) is 0 Å². The number of ether oxygens (including phenoxy) is 1. The summed E-state index contributed by atoms with van der Waals surface area (Å²) in [6.07, 6.45) is 7.63. The van der Waals surface area contributed by atoms with Crippen molar-refractivity contribution < 1.29 is 14.6 Å². The van der Waals surface area contributed by atoms with Crippen molar-refractivity contribution in [3.8, 4) is 5.88 Å². The summed E-state index contributed by atoms with van der Waals surface area (Å²) in [4.78, 5) is 15.7. The number of rotatable bonds is 6. The minimum Gasteiger partial charge on any atom is -0.478 e. The molecule has 1 aromatic rings. The summed E-state index contributed by atoms with van der Waals surface area (Å²) in [7, 11) is 0. The number of aromatic nitrogens is 1. The van der Waals surface area contributed by atoms with Crippen LogP contribution >= 0.6 is 0 Å². The number of pyridine rings is 1. The van der Waals surface area contributed by atoms with Crippen LogP contribution < -0.4 is 4.74 Å². The molecular weight excluding hydrogens is 266 g/mol. The van der Waals surface area contributed by atoms with Crippen molar-refractivity contribution in [1.29, 1.82) is 0 Å².